The van der Waals surface area contributed by atoms with Gasteiger partial charge in [0.25, 0.3) is 0 Å². The van der Waals surface area contributed by atoms with Crippen molar-refractivity contribution in [3.05, 3.63) is 70.0 Å². The number of aromatic nitrogens is 1. The Labute approximate surface area is 153 Å². The molecule has 0 aliphatic rings. The summed E-state index contributed by atoms with van der Waals surface area (Å²) < 4.78 is 33.1. The van der Waals surface area contributed by atoms with E-state index in [1.165, 1.54) is 47.0 Å². The minimum Gasteiger partial charge on any atom is -0.423 e. The van der Waals surface area contributed by atoms with E-state index in [4.69, 9.17) is 4.42 Å². The highest BCUT2D eigenvalue weighted by Gasteiger charge is 2.22. The first-order valence-electron chi connectivity index (χ1n) is 7.78. The number of hydrogen-bond donors (Lipinski definition) is 0. The summed E-state index contributed by atoms with van der Waals surface area (Å²) in [7, 11) is -2.17. The normalized spacial score (nSPS) is 12.2. The summed E-state index contributed by atoms with van der Waals surface area (Å²) in [6, 6.07) is 14.9. The molecule has 0 atom stereocenters. The van der Waals surface area contributed by atoms with E-state index in [0.717, 1.165) is 15.2 Å². The van der Waals surface area contributed by atoms with E-state index in [1.807, 2.05) is 24.3 Å². The van der Waals surface area contributed by atoms with Gasteiger partial charge in [0.2, 0.25) is 10.0 Å². The van der Waals surface area contributed by atoms with Crippen LogP contribution in [0.1, 0.15) is 5.01 Å². The molecule has 2 aromatic heterocycles. The van der Waals surface area contributed by atoms with Crippen molar-refractivity contribution in [2.45, 2.75) is 11.4 Å². The molecular formula is C18H14N2O4S2. The van der Waals surface area contributed by atoms with Gasteiger partial charge in [0, 0.05) is 18.5 Å². The van der Waals surface area contributed by atoms with Gasteiger partial charge < -0.3 is 4.42 Å². The van der Waals surface area contributed by atoms with Crippen LogP contribution in [0.5, 0.6) is 0 Å². The monoisotopic (exact) mass is 386 g/mol. The third kappa shape index (κ3) is 3.03. The highest BCUT2D eigenvalue weighted by molar-refractivity contribution is 7.89. The fraction of sp³-hybridized carbons (Fsp3) is 0.111. The van der Waals surface area contributed by atoms with Crippen molar-refractivity contribution in [2.75, 3.05) is 7.05 Å². The van der Waals surface area contributed by atoms with E-state index in [1.54, 1.807) is 6.07 Å². The van der Waals surface area contributed by atoms with E-state index < -0.39 is 15.6 Å². The molecule has 0 radical (unpaired) electrons. The highest BCUT2D eigenvalue weighted by atomic mass is 32.2. The Hall–Kier alpha value is -2.55. The van der Waals surface area contributed by atoms with Gasteiger partial charge in [-0.05, 0) is 36.4 Å². The van der Waals surface area contributed by atoms with Gasteiger partial charge in [0.1, 0.15) is 10.6 Å². The molecule has 0 spiro atoms. The Balaban J connectivity index is 1.66. The van der Waals surface area contributed by atoms with Gasteiger partial charge >= 0.3 is 5.63 Å². The molecular weight excluding hydrogens is 372 g/mol. The molecule has 2 aromatic carbocycles. The number of benzene rings is 2. The quantitative estimate of drug-likeness (QED) is 0.503. The lowest BCUT2D eigenvalue weighted by atomic mass is 10.2. The molecule has 26 heavy (non-hydrogen) atoms. The molecule has 0 aliphatic carbocycles. The van der Waals surface area contributed by atoms with Gasteiger partial charge in [0.05, 0.1) is 21.7 Å². The first kappa shape index (κ1) is 16.9. The molecule has 0 bridgehead atoms. The van der Waals surface area contributed by atoms with Gasteiger partial charge in [-0.15, -0.1) is 11.3 Å². The van der Waals surface area contributed by atoms with Crippen LogP contribution >= 0.6 is 11.3 Å². The van der Waals surface area contributed by atoms with Gasteiger partial charge in [-0.3, -0.25) is 0 Å². The van der Waals surface area contributed by atoms with Crippen LogP contribution in [-0.4, -0.2) is 24.8 Å². The topological polar surface area (TPSA) is 80.5 Å². The molecule has 132 valence electrons. The fourth-order valence-electron chi connectivity index (χ4n) is 2.65. The minimum absolute atomic E-state index is 0.141. The molecule has 0 unspecified atom stereocenters. The second kappa shape index (κ2) is 6.31. The average molecular weight is 386 g/mol. The predicted molar refractivity (Wildman–Crippen MR) is 101 cm³/mol. The number of nitrogens with zero attached hydrogens (tertiary/aromatic N) is 2. The molecule has 0 aliphatic heterocycles. The maximum atomic E-state index is 12.9. The van der Waals surface area contributed by atoms with Crippen LogP contribution in [0, 0.1) is 0 Å². The zero-order chi connectivity index (χ0) is 18.3. The summed E-state index contributed by atoms with van der Waals surface area (Å²) in [5.41, 5.74) is 0.741. The lowest BCUT2D eigenvalue weighted by Crippen LogP contribution is -2.26. The molecule has 0 amide bonds. The SMILES string of the molecule is CN(Cc1nc2ccccc2s1)S(=O)(=O)c1ccc2oc(=O)ccc2c1. The van der Waals surface area contributed by atoms with E-state index in [9.17, 15) is 13.2 Å². The van der Waals surface area contributed by atoms with Crippen molar-refractivity contribution >= 4 is 42.5 Å². The van der Waals surface area contributed by atoms with Crippen LogP contribution in [-0.2, 0) is 16.6 Å². The summed E-state index contributed by atoms with van der Waals surface area (Å²) in [6.45, 7) is 0.184. The molecule has 0 fully saturated rings. The third-order valence-corrected chi connectivity index (χ3v) is 6.82. The largest absolute Gasteiger partial charge is 0.423 e. The smallest absolute Gasteiger partial charge is 0.336 e. The van der Waals surface area contributed by atoms with Crippen LogP contribution in [0.4, 0.5) is 0 Å². The second-order valence-electron chi connectivity index (χ2n) is 5.79. The van der Waals surface area contributed by atoms with Crippen molar-refractivity contribution in [2.24, 2.45) is 0 Å². The molecule has 2 heterocycles. The zero-order valence-corrected chi connectivity index (χ0v) is 15.4. The van der Waals surface area contributed by atoms with Crippen molar-refractivity contribution in [3.63, 3.8) is 0 Å². The van der Waals surface area contributed by atoms with E-state index in [0.29, 0.717) is 11.0 Å². The van der Waals surface area contributed by atoms with Crippen LogP contribution in [0.3, 0.4) is 0 Å². The number of hydrogen-bond acceptors (Lipinski definition) is 6. The van der Waals surface area contributed by atoms with Crippen LogP contribution < -0.4 is 5.63 Å². The molecule has 0 saturated carbocycles. The maximum absolute atomic E-state index is 12.9. The average Bonchev–Trinajstić information content (AvgIpc) is 3.03. The highest BCUT2D eigenvalue weighted by Crippen LogP contribution is 2.25. The minimum atomic E-state index is -3.70. The van der Waals surface area contributed by atoms with E-state index in [-0.39, 0.29) is 11.4 Å². The number of rotatable bonds is 4. The molecule has 8 heteroatoms. The lowest BCUT2D eigenvalue weighted by Gasteiger charge is -2.16. The first-order valence-corrected chi connectivity index (χ1v) is 10.0. The molecule has 0 saturated heterocycles. The van der Waals surface area contributed by atoms with E-state index in [2.05, 4.69) is 4.98 Å². The van der Waals surface area contributed by atoms with Crippen LogP contribution in [0.25, 0.3) is 21.2 Å². The van der Waals surface area contributed by atoms with Crippen LogP contribution in [0.15, 0.2) is 68.7 Å². The first-order chi connectivity index (χ1) is 12.4. The fourth-order valence-corrected chi connectivity index (χ4v) is 4.92. The summed E-state index contributed by atoms with van der Waals surface area (Å²) in [5.74, 6) is 0. The third-order valence-electron chi connectivity index (χ3n) is 4.00. The molecule has 4 rings (SSSR count). The van der Waals surface area contributed by atoms with Gasteiger partial charge in [-0.2, -0.15) is 4.31 Å². The Morgan fingerprint density at radius 1 is 1.12 bits per heavy atom. The number of sulfonamides is 1. The van der Waals surface area contributed by atoms with Gasteiger partial charge in [-0.1, -0.05) is 12.1 Å². The second-order valence-corrected chi connectivity index (χ2v) is 8.95. The summed E-state index contributed by atoms with van der Waals surface area (Å²) in [6.07, 6.45) is 0. The zero-order valence-electron chi connectivity index (χ0n) is 13.7. The Bertz CT molecular complexity index is 1240. The predicted octanol–water partition coefficient (Wildman–Crippen LogP) is 3.22. The molecule has 0 N–H and O–H groups in total. The standard InChI is InChI=1S/C18H14N2O4S2/c1-20(11-17-19-14-4-2-3-5-16(14)25-17)26(22,23)13-7-8-15-12(10-13)6-9-18(21)24-15/h2-10H,11H2,1H3. The lowest BCUT2D eigenvalue weighted by molar-refractivity contribution is 0.466. The number of para-hydroxylation sites is 1. The molecule has 4 aromatic rings. The van der Waals surface area contributed by atoms with Crippen molar-refractivity contribution in [3.8, 4) is 0 Å². The van der Waals surface area contributed by atoms with Crippen molar-refractivity contribution in [1.82, 2.24) is 9.29 Å². The summed E-state index contributed by atoms with van der Waals surface area (Å²) >= 11 is 1.47. The van der Waals surface area contributed by atoms with Crippen molar-refractivity contribution < 1.29 is 12.8 Å². The summed E-state index contributed by atoms with van der Waals surface area (Å²) in [4.78, 5) is 15.9. The number of fused-ring (bicyclic) bond motifs is 2. The summed E-state index contributed by atoms with van der Waals surface area (Å²) in [5, 5.41) is 1.28. The van der Waals surface area contributed by atoms with E-state index >= 15 is 0 Å². The Kier molecular flexibility index (Phi) is 4.10. The molecule has 6 nitrogen and oxygen atoms in total. The van der Waals surface area contributed by atoms with Gasteiger partial charge in [0.15, 0.2) is 0 Å². The van der Waals surface area contributed by atoms with Crippen LogP contribution in [0.2, 0.25) is 0 Å². The van der Waals surface area contributed by atoms with Gasteiger partial charge in [-0.25, -0.2) is 18.2 Å². The number of thiazole rings is 1. The Morgan fingerprint density at radius 3 is 2.73 bits per heavy atom. The van der Waals surface area contributed by atoms with Crippen molar-refractivity contribution in [1.29, 1.82) is 0 Å². The Morgan fingerprint density at radius 2 is 1.92 bits per heavy atom. The maximum Gasteiger partial charge on any atom is 0.336 e.